The number of nitrogens with one attached hydrogen (secondary N) is 1. The zero-order valence-electron chi connectivity index (χ0n) is 14.8. The molecular weight excluding hydrogens is 319 g/mol. The lowest BCUT2D eigenvalue weighted by Gasteiger charge is -2.30. The lowest BCUT2D eigenvalue weighted by molar-refractivity contribution is -0.126. The summed E-state index contributed by atoms with van der Waals surface area (Å²) < 4.78 is 13.6. The van der Waals surface area contributed by atoms with Crippen molar-refractivity contribution in [3.63, 3.8) is 0 Å². The van der Waals surface area contributed by atoms with Crippen LogP contribution in [0.5, 0.6) is 0 Å². The average Bonchev–Trinajstić information content (AvgIpc) is 3.11. The highest BCUT2D eigenvalue weighted by Crippen LogP contribution is 2.41. The highest BCUT2D eigenvalue weighted by molar-refractivity contribution is 5.88. The molecule has 1 amide bonds. The van der Waals surface area contributed by atoms with Crippen LogP contribution in [0.25, 0.3) is 0 Å². The molecule has 25 heavy (non-hydrogen) atoms. The molecule has 5 heteroatoms. The maximum atomic E-state index is 13.6. The Labute approximate surface area is 149 Å². The van der Waals surface area contributed by atoms with Gasteiger partial charge in [0.25, 0.3) is 0 Å². The van der Waals surface area contributed by atoms with Crippen molar-refractivity contribution in [3.05, 3.63) is 35.6 Å². The van der Waals surface area contributed by atoms with Gasteiger partial charge in [0, 0.05) is 19.6 Å². The first-order chi connectivity index (χ1) is 12.1. The van der Waals surface area contributed by atoms with Crippen molar-refractivity contribution in [2.24, 2.45) is 0 Å². The number of likely N-dealkylation sites (tertiary alicyclic amines) is 1. The number of carbonyl (C=O) groups is 1. The Morgan fingerprint density at radius 1 is 1.28 bits per heavy atom. The van der Waals surface area contributed by atoms with Gasteiger partial charge < -0.3 is 15.3 Å². The highest BCUT2D eigenvalue weighted by atomic mass is 19.1. The van der Waals surface area contributed by atoms with Crippen LogP contribution in [-0.2, 0) is 10.2 Å². The Hall–Kier alpha value is -1.46. The van der Waals surface area contributed by atoms with Crippen molar-refractivity contribution in [3.8, 4) is 0 Å². The van der Waals surface area contributed by atoms with Gasteiger partial charge in [-0.2, -0.15) is 0 Å². The molecule has 0 bridgehead atoms. The second kappa shape index (κ2) is 8.28. The molecule has 0 aromatic heterocycles. The van der Waals surface area contributed by atoms with Crippen LogP contribution in [0.1, 0.15) is 50.5 Å². The smallest absolute Gasteiger partial charge is 0.230 e. The van der Waals surface area contributed by atoms with E-state index in [-0.39, 0.29) is 17.8 Å². The number of aliphatic hydroxyl groups is 1. The maximum Gasteiger partial charge on any atom is 0.230 e. The van der Waals surface area contributed by atoms with Gasteiger partial charge in [0.05, 0.1) is 11.5 Å². The molecule has 1 aromatic carbocycles. The molecule has 138 valence electrons. The van der Waals surface area contributed by atoms with Gasteiger partial charge in [-0.1, -0.05) is 25.0 Å². The van der Waals surface area contributed by atoms with Gasteiger partial charge >= 0.3 is 0 Å². The SMILES string of the molecule is O=C(NCCCN1CCC(O)CC1)C1(c2cccc(F)c2)CCCC1. The first-order valence-electron chi connectivity index (χ1n) is 9.55. The topological polar surface area (TPSA) is 52.6 Å². The molecule has 1 saturated heterocycles. The molecule has 2 aliphatic rings. The summed E-state index contributed by atoms with van der Waals surface area (Å²) in [6.45, 7) is 3.46. The zero-order chi connectivity index (χ0) is 17.7. The maximum absolute atomic E-state index is 13.6. The van der Waals surface area contributed by atoms with E-state index in [1.807, 2.05) is 6.07 Å². The second-order valence-corrected chi connectivity index (χ2v) is 7.48. The number of benzene rings is 1. The summed E-state index contributed by atoms with van der Waals surface area (Å²) in [7, 11) is 0. The van der Waals surface area contributed by atoms with E-state index >= 15 is 0 Å². The molecule has 1 saturated carbocycles. The predicted molar refractivity (Wildman–Crippen MR) is 95.9 cm³/mol. The zero-order valence-corrected chi connectivity index (χ0v) is 14.8. The average molecular weight is 348 g/mol. The lowest BCUT2D eigenvalue weighted by Crippen LogP contribution is -2.44. The highest BCUT2D eigenvalue weighted by Gasteiger charge is 2.42. The fraction of sp³-hybridized carbons (Fsp3) is 0.650. The van der Waals surface area contributed by atoms with E-state index < -0.39 is 5.41 Å². The van der Waals surface area contributed by atoms with Crippen LogP contribution in [-0.4, -0.2) is 48.2 Å². The molecule has 0 spiro atoms. The Morgan fingerprint density at radius 3 is 2.68 bits per heavy atom. The number of hydrogen-bond acceptors (Lipinski definition) is 3. The summed E-state index contributed by atoms with van der Waals surface area (Å²) in [5.74, 6) is -0.228. The lowest BCUT2D eigenvalue weighted by atomic mass is 9.78. The third-order valence-corrected chi connectivity index (χ3v) is 5.76. The molecule has 2 N–H and O–H groups in total. The number of amides is 1. The summed E-state index contributed by atoms with van der Waals surface area (Å²) in [5, 5.41) is 12.6. The molecule has 4 nitrogen and oxygen atoms in total. The van der Waals surface area contributed by atoms with Crippen molar-refractivity contribution in [1.82, 2.24) is 10.2 Å². The van der Waals surface area contributed by atoms with Crippen molar-refractivity contribution in [1.29, 1.82) is 0 Å². The largest absolute Gasteiger partial charge is 0.393 e. The molecule has 0 radical (unpaired) electrons. The molecular formula is C20H29FN2O2. The molecule has 1 aliphatic carbocycles. The van der Waals surface area contributed by atoms with Crippen molar-refractivity contribution in [2.45, 2.75) is 56.5 Å². The summed E-state index contributed by atoms with van der Waals surface area (Å²) >= 11 is 0. The van der Waals surface area contributed by atoms with Gasteiger partial charge in [-0.3, -0.25) is 4.79 Å². The van der Waals surface area contributed by atoms with E-state index in [0.717, 1.165) is 70.1 Å². The van der Waals surface area contributed by atoms with Crippen LogP contribution in [0.2, 0.25) is 0 Å². The number of nitrogens with zero attached hydrogens (tertiary/aromatic N) is 1. The standard InChI is InChI=1S/C20H29FN2O2/c21-17-6-3-5-16(15-17)20(9-1-2-10-20)19(25)22-11-4-12-23-13-7-18(24)8-14-23/h3,5-6,15,18,24H,1-2,4,7-14H2,(H,22,25). The molecule has 1 heterocycles. The van der Waals surface area contributed by atoms with Crippen LogP contribution in [0.3, 0.4) is 0 Å². The fourth-order valence-electron chi connectivity index (χ4n) is 4.23. The first-order valence-corrected chi connectivity index (χ1v) is 9.55. The quantitative estimate of drug-likeness (QED) is 0.777. The minimum atomic E-state index is -0.558. The number of halogens is 1. The number of piperidine rings is 1. The molecule has 1 aromatic rings. The van der Waals surface area contributed by atoms with Crippen molar-refractivity contribution >= 4 is 5.91 Å². The van der Waals surface area contributed by atoms with Crippen molar-refractivity contribution in [2.75, 3.05) is 26.2 Å². The molecule has 1 aliphatic heterocycles. The Morgan fingerprint density at radius 2 is 2.00 bits per heavy atom. The van der Waals surface area contributed by atoms with E-state index in [9.17, 15) is 14.3 Å². The molecule has 2 fully saturated rings. The number of aliphatic hydroxyl groups excluding tert-OH is 1. The van der Waals surface area contributed by atoms with E-state index in [0.29, 0.717) is 6.54 Å². The third-order valence-electron chi connectivity index (χ3n) is 5.76. The van der Waals surface area contributed by atoms with Gasteiger partial charge in [-0.25, -0.2) is 4.39 Å². The molecule has 3 rings (SSSR count). The number of hydrogen-bond donors (Lipinski definition) is 2. The van der Waals surface area contributed by atoms with Crippen LogP contribution in [0.15, 0.2) is 24.3 Å². The van der Waals surface area contributed by atoms with Gasteiger partial charge in [-0.05, 0) is 56.3 Å². The molecule has 0 unspecified atom stereocenters. The first kappa shape index (κ1) is 18.3. The summed E-state index contributed by atoms with van der Waals surface area (Å²) in [5.41, 5.74) is 0.254. The number of carbonyl (C=O) groups excluding carboxylic acids is 1. The Bertz CT molecular complexity index is 579. The third kappa shape index (κ3) is 4.39. The van der Waals surface area contributed by atoms with Crippen LogP contribution < -0.4 is 5.32 Å². The Kier molecular flexibility index (Phi) is 6.07. The van der Waals surface area contributed by atoms with Crippen LogP contribution in [0.4, 0.5) is 4.39 Å². The minimum absolute atomic E-state index is 0.0460. The Balaban J connectivity index is 1.52. The number of rotatable bonds is 6. The summed E-state index contributed by atoms with van der Waals surface area (Å²) in [6.07, 6.45) is 6.06. The fourth-order valence-corrected chi connectivity index (χ4v) is 4.23. The van der Waals surface area contributed by atoms with Crippen molar-refractivity contribution < 1.29 is 14.3 Å². The van der Waals surface area contributed by atoms with Crippen LogP contribution in [0, 0.1) is 5.82 Å². The minimum Gasteiger partial charge on any atom is -0.393 e. The van der Waals surface area contributed by atoms with Gasteiger partial charge in [0.1, 0.15) is 5.82 Å². The molecule has 0 atom stereocenters. The monoisotopic (exact) mass is 348 g/mol. The normalized spacial score (nSPS) is 21.4. The van der Waals surface area contributed by atoms with E-state index in [1.54, 1.807) is 6.07 Å². The van der Waals surface area contributed by atoms with Gasteiger partial charge in [0.15, 0.2) is 0 Å². The van der Waals surface area contributed by atoms with Crippen LogP contribution >= 0.6 is 0 Å². The van der Waals surface area contributed by atoms with Gasteiger partial charge in [0.2, 0.25) is 5.91 Å². The predicted octanol–water partition coefficient (Wildman–Crippen LogP) is 2.60. The van der Waals surface area contributed by atoms with E-state index in [2.05, 4.69) is 10.2 Å². The van der Waals surface area contributed by atoms with E-state index in [4.69, 9.17) is 0 Å². The van der Waals surface area contributed by atoms with Gasteiger partial charge in [-0.15, -0.1) is 0 Å². The van der Waals surface area contributed by atoms with E-state index in [1.165, 1.54) is 12.1 Å². The summed E-state index contributed by atoms with van der Waals surface area (Å²) in [6, 6.07) is 6.53. The summed E-state index contributed by atoms with van der Waals surface area (Å²) in [4.78, 5) is 15.2. The second-order valence-electron chi connectivity index (χ2n) is 7.48.